The van der Waals surface area contributed by atoms with Crippen LogP contribution in [0.1, 0.15) is 33.1 Å². The fourth-order valence-corrected chi connectivity index (χ4v) is 2.73. The molecule has 1 unspecified atom stereocenters. The molecular formula is C12H24N2OS. The zero-order valence-corrected chi connectivity index (χ0v) is 11.2. The lowest BCUT2D eigenvalue weighted by Gasteiger charge is -2.22. The predicted octanol–water partition coefficient (Wildman–Crippen LogP) is 1.63. The summed E-state index contributed by atoms with van der Waals surface area (Å²) in [5.74, 6) is 3.17. The van der Waals surface area contributed by atoms with Crippen LogP contribution in [-0.2, 0) is 4.79 Å². The van der Waals surface area contributed by atoms with Gasteiger partial charge in [-0.15, -0.1) is 0 Å². The Hall–Kier alpha value is -0.220. The van der Waals surface area contributed by atoms with Crippen LogP contribution in [0.25, 0.3) is 0 Å². The smallest absolute Gasteiger partial charge is 0.221 e. The first-order chi connectivity index (χ1) is 7.68. The highest BCUT2D eigenvalue weighted by Crippen LogP contribution is 2.10. The maximum Gasteiger partial charge on any atom is 0.221 e. The van der Waals surface area contributed by atoms with Gasteiger partial charge in [-0.2, -0.15) is 11.8 Å². The van der Waals surface area contributed by atoms with E-state index in [0.29, 0.717) is 12.5 Å². The molecule has 1 heterocycles. The molecule has 0 aromatic carbocycles. The number of thioether (sulfide) groups is 1. The van der Waals surface area contributed by atoms with Crippen molar-refractivity contribution in [2.24, 2.45) is 5.92 Å². The van der Waals surface area contributed by atoms with Gasteiger partial charge in [-0.05, 0) is 18.8 Å². The third-order valence-electron chi connectivity index (χ3n) is 2.71. The predicted molar refractivity (Wildman–Crippen MR) is 70.8 cm³/mol. The Morgan fingerprint density at radius 1 is 1.56 bits per heavy atom. The molecule has 1 atom stereocenters. The van der Waals surface area contributed by atoms with Crippen LogP contribution in [0.15, 0.2) is 0 Å². The summed E-state index contributed by atoms with van der Waals surface area (Å²) in [4.78, 5) is 11.6. The van der Waals surface area contributed by atoms with Gasteiger partial charge in [0.25, 0.3) is 0 Å². The molecule has 0 aromatic rings. The van der Waals surface area contributed by atoms with Gasteiger partial charge in [0.1, 0.15) is 0 Å². The number of amides is 1. The maximum atomic E-state index is 11.6. The van der Waals surface area contributed by atoms with E-state index in [0.717, 1.165) is 31.2 Å². The third-order valence-corrected chi connectivity index (χ3v) is 3.84. The van der Waals surface area contributed by atoms with Crippen molar-refractivity contribution in [3.8, 4) is 0 Å². The van der Waals surface area contributed by atoms with E-state index in [1.807, 2.05) is 11.8 Å². The Labute approximate surface area is 103 Å². The first-order valence-electron chi connectivity index (χ1n) is 6.26. The van der Waals surface area contributed by atoms with E-state index < -0.39 is 0 Å². The molecule has 1 amide bonds. The van der Waals surface area contributed by atoms with Crippen LogP contribution in [0.4, 0.5) is 0 Å². The minimum Gasteiger partial charge on any atom is -0.356 e. The van der Waals surface area contributed by atoms with Crippen LogP contribution in [0.2, 0.25) is 0 Å². The van der Waals surface area contributed by atoms with Gasteiger partial charge in [-0.25, -0.2) is 0 Å². The van der Waals surface area contributed by atoms with Gasteiger partial charge >= 0.3 is 0 Å². The fraction of sp³-hybridized carbons (Fsp3) is 0.917. The molecule has 0 radical (unpaired) electrons. The summed E-state index contributed by atoms with van der Waals surface area (Å²) in [5.41, 5.74) is 0. The Bertz CT molecular complexity index is 203. The van der Waals surface area contributed by atoms with Crippen molar-refractivity contribution >= 4 is 17.7 Å². The molecule has 3 nitrogen and oxygen atoms in total. The first kappa shape index (κ1) is 13.8. The number of hydrogen-bond acceptors (Lipinski definition) is 3. The second-order valence-electron chi connectivity index (χ2n) is 4.82. The van der Waals surface area contributed by atoms with E-state index in [-0.39, 0.29) is 5.91 Å². The standard InChI is InChI=1S/C12H24N2OS/c1-10(2)4-3-5-14-12(15)8-11-9-16-7-6-13-11/h10-11,13H,3-9H2,1-2H3,(H,14,15). The highest BCUT2D eigenvalue weighted by atomic mass is 32.2. The van der Waals surface area contributed by atoms with Crippen molar-refractivity contribution in [2.45, 2.75) is 39.2 Å². The van der Waals surface area contributed by atoms with Crippen LogP contribution in [0, 0.1) is 5.92 Å². The Balaban J connectivity index is 2.01. The fourth-order valence-electron chi connectivity index (χ4n) is 1.78. The van der Waals surface area contributed by atoms with Crippen LogP contribution >= 0.6 is 11.8 Å². The average molecular weight is 244 g/mol. The highest BCUT2D eigenvalue weighted by molar-refractivity contribution is 7.99. The van der Waals surface area contributed by atoms with E-state index >= 15 is 0 Å². The molecule has 0 bridgehead atoms. The van der Waals surface area contributed by atoms with E-state index in [2.05, 4.69) is 24.5 Å². The number of carbonyl (C=O) groups excluding carboxylic acids is 1. The number of hydrogen-bond donors (Lipinski definition) is 2. The molecule has 0 spiro atoms. The largest absolute Gasteiger partial charge is 0.356 e. The molecule has 1 aliphatic heterocycles. The molecule has 2 N–H and O–H groups in total. The molecule has 0 aromatic heterocycles. The summed E-state index contributed by atoms with van der Waals surface area (Å²) >= 11 is 1.93. The lowest BCUT2D eigenvalue weighted by atomic mass is 10.1. The molecule has 16 heavy (non-hydrogen) atoms. The second-order valence-corrected chi connectivity index (χ2v) is 5.97. The summed E-state index contributed by atoms with van der Waals surface area (Å²) in [7, 11) is 0. The monoisotopic (exact) mass is 244 g/mol. The van der Waals surface area contributed by atoms with E-state index in [4.69, 9.17) is 0 Å². The highest BCUT2D eigenvalue weighted by Gasteiger charge is 2.16. The summed E-state index contributed by atoms with van der Waals surface area (Å²) in [5, 5.41) is 6.37. The molecule has 1 rings (SSSR count). The number of rotatable bonds is 6. The van der Waals surface area contributed by atoms with Crippen molar-refractivity contribution in [3.63, 3.8) is 0 Å². The summed E-state index contributed by atoms with van der Waals surface area (Å²) in [6, 6.07) is 0.379. The minimum absolute atomic E-state index is 0.198. The summed E-state index contributed by atoms with van der Waals surface area (Å²) in [6.07, 6.45) is 2.92. The van der Waals surface area contributed by atoms with E-state index in [9.17, 15) is 4.79 Å². The average Bonchev–Trinajstić information content (AvgIpc) is 2.25. The van der Waals surface area contributed by atoms with E-state index in [1.165, 1.54) is 12.2 Å². The van der Waals surface area contributed by atoms with Crippen LogP contribution in [0.3, 0.4) is 0 Å². The molecule has 1 aliphatic rings. The van der Waals surface area contributed by atoms with Crippen LogP contribution in [0.5, 0.6) is 0 Å². The van der Waals surface area contributed by atoms with Gasteiger partial charge < -0.3 is 10.6 Å². The molecule has 94 valence electrons. The molecule has 4 heteroatoms. The second kappa shape index (κ2) is 7.96. The Morgan fingerprint density at radius 3 is 3.00 bits per heavy atom. The van der Waals surface area contributed by atoms with Gasteiger partial charge in [0.05, 0.1) is 0 Å². The number of carbonyl (C=O) groups is 1. The van der Waals surface area contributed by atoms with Gasteiger partial charge in [-0.3, -0.25) is 4.79 Å². The minimum atomic E-state index is 0.198. The maximum absolute atomic E-state index is 11.6. The third kappa shape index (κ3) is 6.38. The van der Waals surface area contributed by atoms with Crippen LogP contribution < -0.4 is 10.6 Å². The topological polar surface area (TPSA) is 41.1 Å². The molecule has 0 aliphatic carbocycles. The van der Waals surface area contributed by atoms with Crippen molar-refractivity contribution in [2.75, 3.05) is 24.6 Å². The van der Waals surface area contributed by atoms with Crippen molar-refractivity contribution in [1.82, 2.24) is 10.6 Å². The zero-order chi connectivity index (χ0) is 11.8. The molecule has 0 saturated carbocycles. The Morgan fingerprint density at radius 2 is 2.38 bits per heavy atom. The summed E-state index contributed by atoms with van der Waals surface area (Å²) < 4.78 is 0. The lowest BCUT2D eigenvalue weighted by molar-refractivity contribution is -0.121. The number of nitrogens with one attached hydrogen (secondary N) is 2. The van der Waals surface area contributed by atoms with Crippen LogP contribution in [-0.4, -0.2) is 36.5 Å². The van der Waals surface area contributed by atoms with Gasteiger partial charge in [0, 0.05) is 37.1 Å². The summed E-state index contributed by atoms with van der Waals surface area (Å²) in [6.45, 7) is 6.29. The van der Waals surface area contributed by atoms with Crippen molar-refractivity contribution in [1.29, 1.82) is 0 Å². The van der Waals surface area contributed by atoms with Crippen molar-refractivity contribution < 1.29 is 4.79 Å². The first-order valence-corrected chi connectivity index (χ1v) is 7.41. The van der Waals surface area contributed by atoms with Gasteiger partial charge in [0.15, 0.2) is 0 Å². The Kier molecular flexibility index (Phi) is 6.88. The molecule has 1 saturated heterocycles. The SMILES string of the molecule is CC(C)CCCNC(=O)CC1CSCCN1. The molecular weight excluding hydrogens is 220 g/mol. The normalized spacial score (nSPS) is 21.1. The zero-order valence-electron chi connectivity index (χ0n) is 10.4. The van der Waals surface area contributed by atoms with E-state index in [1.54, 1.807) is 0 Å². The van der Waals surface area contributed by atoms with Crippen molar-refractivity contribution in [3.05, 3.63) is 0 Å². The molecule has 1 fully saturated rings. The van der Waals surface area contributed by atoms with Gasteiger partial charge in [0.2, 0.25) is 5.91 Å². The lowest BCUT2D eigenvalue weighted by Crippen LogP contribution is -2.41. The quantitative estimate of drug-likeness (QED) is 0.698. The van der Waals surface area contributed by atoms with Gasteiger partial charge in [-0.1, -0.05) is 13.8 Å².